The van der Waals surface area contributed by atoms with Crippen LogP contribution in [0.5, 0.6) is 0 Å². The molecular formula is C21H25NO3S. The lowest BCUT2D eigenvalue weighted by atomic mass is 10.0. The fourth-order valence-electron chi connectivity index (χ4n) is 3.49. The first-order chi connectivity index (χ1) is 12.5. The third-order valence-corrected chi connectivity index (χ3v) is 6.60. The lowest BCUT2D eigenvalue weighted by molar-refractivity contribution is -0.132. The molecule has 0 radical (unpaired) electrons. The van der Waals surface area contributed by atoms with Gasteiger partial charge in [0.1, 0.15) is 0 Å². The largest absolute Gasteiger partial charge is 0.338 e. The van der Waals surface area contributed by atoms with Crippen molar-refractivity contribution in [1.82, 2.24) is 4.90 Å². The number of rotatable bonds is 6. The predicted molar refractivity (Wildman–Crippen MR) is 105 cm³/mol. The first-order valence-electron chi connectivity index (χ1n) is 9.13. The minimum atomic E-state index is -3.00. The number of hydrogen-bond donors (Lipinski definition) is 0. The number of nitrogens with zero attached hydrogens (tertiary/aromatic N) is 1. The molecule has 4 nitrogen and oxygen atoms in total. The Morgan fingerprint density at radius 1 is 1.04 bits per heavy atom. The lowest BCUT2D eigenvalue weighted by Gasteiger charge is -2.28. The Kier molecular flexibility index (Phi) is 5.77. The van der Waals surface area contributed by atoms with Crippen LogP contribution in [0.3, 0.4) is 0 Å². The van der Waals surface area contributed by atoms with E-state index < -0.39 is 9.84 Å². The molecule has 1 saturated heterocycles. The van der Waals surface area contributed by atoms with Crippen molar-refractivity contribution in [3.8, 4) is 11.1 Å². The summed E-state index contributed by atoms with van der Waals surface area (Å²) >= 11 is 0. The Bertz CT molecular complexity index is 845. The third-order valence-electron chi connectivity index (χ3n) is 4.85. The molecule has 5 heteroatoms. The van der Waals surface area contributed by atoms with Gasteiger partial charge in [0.25, 0.3) is 0 Å². The maximum Gasteiger partial charge on any atom is 0.227 e. The molecule has 1 fully saturated rings. The Morgan fingerprint density at radius 3 is 2.27 bits per heavy atom. The minimum Gasteiger partial charge on any atom is -0.338 e. The molecule has 0 saturated carbocycles. The van der Waals surface area contributed by atoms with Gasteiger partial charge in [0.2, 0.25) is 5.91 Å². The van der Waals surface area contributed by atoms with Gasteiger partial charge in [-0.1, -0.05) is 61.5 Å². The molecule has 26 heavy (non-hydrogen) atoms. The molecule has 1 atom stereocenters. The average Bonchev–Trinajstić information content (AvgIpc) is 3.00. The van der Waals surface area contributed by atoms with Crippen LogP contribution in [0.25, 0.3) is 11.1 Å². The van der Waals surface area contributed by atoms with E-state index in [1.54, 1.807) is 4.90 Å². The molecule has 2 aromatic rings. The highest BCUT2D eigenvalue weighted by molar-refractivity contribution is 7.91. The Morgan fingerprint density at radius 2 is 1.69 bits per heavy atom. The van der Waals surface area contributed by atoms with E-state index in [0.717, 1.165) is 23.1 Å². The SMILES string of the molecule is CCCN(C(=O)Cc1ccc(-c2ccccc2)cc1)C1CCS(=O)(=O)C1. The van der Waals surface area contributed by atoms with Gasteiger partial charge in [-0.2, -0.15) is 0 Å². The molecule has 1 aliphatic rings. The van der Waals surface area contributed by atoms with Gasteiger partial charge >= 0.3 is 0 Å². The van der Waals surface area contributed by atoms with Crippen molar-refractivity contribution in [3.63, 3.8) is 0 Å². The molecule has 0 N–H and O–H groups in total. The van der Waals surface area contributed by atoms with Gasteiger partial charge in [-0.05, 0) is 29.5 Å². The molecule has 1 unspecified atom stereocenters. The number of benzene rings is 2. The molecule has 0 aromatic heterocycles. The first kappa shape index (κ1) is 18.6. The van der Waals surface area contributed by atoms with Gasteiger partial charge in [-0.15, -0.1) is 0 Å². The van der Waals surface area contributed by atoms with Crippen LogP contribution >= 0.6 is 0 Å². The van der Waals surface area contributed by atoms with Crippen molar-refractivity contribution >= 4 is 15.7 Å². The van der Waals surface area contributed by atoms with Gasteiger partial charge in [0.05, 0.1) is 17.9 Å². The topological polar surface area (TPSA) is 54.5 Å². The number of amides is 1. The van der Waals surface area contributed by atoms with Crippen molar-refractivity contribution in [3.05, 3.63) is 60.2 Å². The first-order valence-corrected chi connectivity index (χ1v) is 10.9. The highest BCUT2D eigenvalue weighted by atomic mass is 32.2. The van der Waals surface area contributed by atoms with E-state index in [9.17, 15) is 13.2 Å². The molecule has 1 heterocycles. The van der Waals surface area contributed by atoms with E-state index in [-0.39, 0.29) is 23.5 Å². The van der Waals surface area contributed by atoms with E-state index in [1.807, 2.05) is 49.4 Å². The van der Waals surface area contributed by atoms with Crippen molar-refractivity contribution in [2.75, 3.05) is 18.1 Å². The number of sulfone groups is 1. The van der Waals surface area contributed by atoms with Crippen molar-refractivity contribution < 1.29 is 13.2 Å². The second-order valence-corrected chi connectivity index (χ2v) is 9.11. The highest BCUT2D eigenvalue weighted by Crippen LogP contribution is 2.21. The molecule has 0 spiro atoms. The summed E-state index contributed by atoms with van der Waals surface area (Å²) in [6.45, 7) is 2.62. The fraction of sp³-hybridized carbons (Fsp3) is 0.381. The van der Waals surface area contributed by atoms with Gasteiger partial charge in [0.15, 0.2) is 9.84 Å². The highest BCUT2D eigenvalue weighted by Gasteiger charge is 2.34. The number of carbonyl (C=O) groups excluding carboxylic acids is 1. The Balaban J connectivity index is 1.69. The van der Waals surface area contributed by atoms with E-state index in [4.69, 9.17) is 0 Å². The van der Waals surface area contributed by atoms with Crippen LogP contribution in [0.2, 0.25) is 0 Å². The summed E-state index contributed by atoms with van der Waals surface area (Å²) in [7, 11) is -3.00. The standard InChI is InChI=1S/C21H25NO3S/c1-2-13-22(20-12-14-26(24,25)16-20)21(23)15-17-8-10-19(11-9-17)18-6-4-3-5-7-18/h3-11,20H,2,12-16H2,1H3. The molecule has 0 bridgehead atoms. The van der Waals surface area contributed by atoms with Crippen LogP contribution in [0.1, 0.15) is 25.3 Å². The molecule has 2 aromatic carbocycles. The van der Waals surface area contributed by atoms with Crippen molar-refractivity contribution in [2.24, 2.45) is 0 Å². The normalized spacial score (nSPS) is 18.6. The summed E-state index contributed by atoms with van der Waals surface area (Å²) in [5.74, 6) is 0.309. The summed E-state index contributed by atoms with van der Waals surface area (Å²) < 4.78 is 23.5. The minimum absolute atomic E-state index is 0.0152. The third kappa shape index (κ3) is 4.52. The predicted octanol–water partition coefficient (Wildman–Crippen LogP) is 3.32. The monoisotopic (exact) mass is 371 g/mol. The van der Waals surface area contributed by atoms with Gasteiger partial charge in [-0.3, -0.25) is 4.79 Å². The van der Waals surface area contributed by atoms with Crippen LogP contribution in [0.4, 0.5) is 0 Å². The van der Waals surface area contributed by atoms with Crippen LogP contribution < -0.4 is 0 Å². The fourth-order valence-corrected chi connectivity index (χ4v) is 5.23. The summed E-state index contributed by atoms with van der Waals surface area (Å²) in [6.07, 6.45) is 1.70. The summed E-state index contributed by atoms with van der Waals surface area (Å²) in [5.41, 5.74) is 3.22. The van der Waals surface area contributed by atoms with Crippen LogP contribution in [0.15, 0.2) is 54.6 Å². The smallest absolute Gasteiger partial charge is 0.227 e. The van der Waals surface area contributed by atoms with E-state index in [0.29, 0.717) is 19.4 Å². The van der Waals surface area contributed by atoms with Gasteiger partial charge < -0.3 is 4.90 Å². The maximum absolute atomic E-state index is 12.8. The summed E-state index contributed by atoms with van der Waals surface area (Å²) in [4.78, 5) is 14.6. The second kappa shape index (κ2) is 8.04. The quantitative estimate of drug-likeness (QED) is 0.783. The van der Waals surface area contributed by atoms with E-state index in [2.05, 4.69) is 12.1 Å². The van der Waals surface area contributed by atoms with Gasteiger partial charge in [-0.25, -0.2) is 8.42 Å². The summed E-state index contributed by atoms with van der Waals surface area (Å²) in [5, 5.41) is 0. The lowest BCUT2D eigenvalue weighted by Crippen LogP contribution is -2.42. The van der Waals surface area contributed by atoms with E-state index in [1.165, 1.54) is 0 Å². The Hall–Kier alpha value is -2.14. The van der Waals surface area contributed by atoms with Crippen molar-refractivity contribution in [2.45, 2.75) is 32.2 Å². The average molecular weight is 372 g/mol. The number of hydrogen-bond acceptors (Lipinski definition) is 3. The van der Waals surface area contributed by atoms with Crippen LogP contribution in [0, 0.1) is 0 Å². The zero-order valence-electron chi connectivity index (χ0n) is 15.1. The second-order valence-electron chi connectivity index (χ2n) is 6.88. The zero-order valence-corrected chi connectivity index (χ0v) is 15.9. The van der Waals surface area contributed by atoms with Crippen molar-refractivity contribution in [1.29, 1.82) is 0 Å². The molecule has 138 valence electrons. The molecule has 3 rings (SSSR count). The van der Waals surface area contributed by atoms with E-state index >= 15 is 0 Å². The zero-order chi connectivity index (χ0) is 18.6. The molecule has 1 aliphatic heterocycles. The number of carbonyl (C=O) groups is 1. The maximum atomic E-state index is 12.8. The Labute approximate surface area is 155 Å². The van der Waals surface area contributed by atoms with Gasteiger partial charge in [0, 0.05) is 12.6 Å². The molecule has 1 amide bonds. The molecule has 0 aliphatic carbocycles. The van der Waals surface area contributed by atoms with Crippen LogP contribution in [-0.2, 0) is 21.1 Å². The summed E-state index contributed by atoms with van der Waals surface area (Å²) in [6, 6.07) is 18.0. The molecular weight excluding hydrogens is 346 g/mol. The van der Waals surface area contributed by atoms with Crippen LogP contribution in [-0.4, -0.2) is 43.3 Å².